The summed E-state index contributed by atoms with van der Waals surface area (Å²) in [6.45, 7) is 1.80. The first-order valence-corrected chi connectivity index (χ1v) is 5.14. The van der Waals surface area contributed by atoms with Gasteiger partial charge in [0.1, 0.15) is 11.6 Å². The summed E-state index contributed by atoms with van der Waals surface area (Å²) in [5.41, 5.74) is 7.37. The molecule has 0 bridgehead atoms. The maximum Gasteiger partial charge on any atom is 0.168 e. The lowest BCUT2D eigenvalue weighted by atomic mass is 10.4. The van der Waals surface area contributed by atoms with Crippen molar-refractivity contribution in [2.45, 2.75) is 6.92 Å². The molecule has 0 radical (unpaired) electrons. The molecule has 17 heavy (non-hydrogen) atoms. The second-order valence-electron chi connectivity index (χ2n) is 3.66. The molecule has 0 atom stereocenters. The monoisotopic (exact) mass is 226 g/mol. The number of hydrogen-bond acceptors (Lipinski definition) is 5. The van der Waals surface area contributed by atoms with Crippen molar-refractivity contribution < 1.29 is 0 Å². The Kier molecular flexibility index (Phi) is 2.01. The van der Waals surface area contributed by atoms with Gasteiger partial charge in [-0.1, -0.05) is 0 Å². The van der Waals surface area contributed by atoms with Gasteiger partial charge in [-0.15, -0.1) is 0 Å². The van der Waals surface area contributed by atoms with Crippen molar-refractivity contribution in [1.82, 2.24) is 24.7 Å². The molecule has 0 aliphatic carbocycles. The summed E-state index contributed by atoms with van der Waals surface area (Å²) in [5.74, 6) is 1.07. The van der Waals surface area contributed by atoms with Crippen LogP contribution in [0.2, 0.25) is 0 Å². The second-order valence-corrected chi connectivity index (χ2v) is 3.66. The average Bonchev–Trinajstić information content (AvgIpc) is 2.74. The van der Waals surface area contributed by atoms with Crippen LogP contribution < -0.4 is 5.73 Å². The fraction of sp³-hybridized carbons (Fsp3) is 0.0909. The summed E-state index contributed by atoms with van der Waals surface area (Å²) in [6.07, 6.45) is 5.10. The highest BCUT2D eigenvalue weighted by atomic mass is 15.3. The number of aryl methyl sites for hydroxylation is 1. The minimum absolute atomic E-state index is 0.447. The molecule has 3 aromatic rings. The fourth-order valence-corrected chi connectivity index (χ4v) is 1.71. The van der Waals surface area contributed by atoms with E-state index in [9.17, 15) is 0 Å². The van der Waals surface area contributed by atoms with E-state index in [2.05, 4.69) is 20.1 Å². The SMILES string of the molecule is Cc1nc(N)c2cnn(-c3cccnc3)c2n1. The summed E-state index contributed by atoms with van der Waals surface area (Å²) in [6, 6.07) is 3.76. The van der Waals surface area contributed by atoms with Crippen LogP contribution in [0.5, 0.6) is 0 Å². The third kappa shape index (κ3) is 1.50. The van der Waals surface area contributed by atoms with Crippen LogP contribution in [0.15, 0.2) is 30.7 Å². The van der Waals surface area contributed by atoms with E-state index >= 15 is 0 Å². The van der Waals surface area contributed by atoms with Crippen LogP contribution in [0.25, 0.3) is 16.7 Å². The van der Waals surface area contributed by atoms with E-state index in [1.54, 1.807) is 30.2 Å². The molecule has 3 rings (SSSR count). The van der Waals surface area contributed by atoms with E-state index in [1.165, 1.54) is 0 Å². The number of hydrogen-bond donors (Lipinski definition) is 1. The minimum atomic E-state index is 0.447. The zero-order valence-electron chi connectivity index (χ0n) is 9.20. The second kappa shape index (κ2) is 3.51. The van der Waals surface area contributed by atoms with E-state index in [0.717, 1.165) is 11.1 Å². The highest BCUT2D eigenvalue weighted by molar-refractivity contribution is 5.86. The van der Waals surface area contributed by atoms with Crippen LogP contribution in [0.3, 0.4) is 0 Å². The van der Waals surface area contributed by atoms with Crippen molar-refractivity contribution in [3.8, 4) is 5.69 Å². The summed E-state index contributed by atoms with van der Waals surface area (Å²) < 4.78 is 1.70. The Morgan fingerprint density at radius 3 is 2.88 bits per heavy atom. The van der Waals surface area contributed by atoms with E-state index in [-0.39, 0.29) is 0 Å². The van der Waals surface area contributed by atoms with Gasteiger partial charge in [0.05, 0.1) is 23.5 Å². The minimum Gasteiger partial charge on any atom is -0.383 e. The largest absolute Gasteiger partial charge is 0.383 e. The molecule has 6 nitrogen and oxygen atoms in total. The third-order valence-corrected chi connectivity index (χ3v) is 2.46. The van der Waals surface area contributed by atoms with Crippen LogP contribution in [0, 0.1) is 6.92 Å². The van der Waals surface area contributed by atoms with Crippen LogP contribution in [0.4, 0.5) is 5.82 Å². The van der Waals surface area contributed by atoms with Gasteiger partial charge in [-0.2, -0.15) is 5.10 Å². The molecule has 3 heterocycles. The maximum absolute atomic E-state index is 5.83. The molecule has 0 fully saturated rings. The smallest absolute Gasteiger partial charge is 0.168 e. The first-order valence-electron chi connectivity index (χ1n) is 5.14. The molecule has 0 aliphatic rings. The number of pyridine rings is 1. The molecule has 84 valence electrons. The Hall–Kier alpha value is -2.50. The molecule has 0 saturated carbocycles. The molecule has 6 heteroatoms. The van der Waals surface area contributed by atoms with Crippen LogP contribution in [-0.2, 0) is 0 Å². The Bertz CT molecular complexity index is 673. The van der Waals surface area contributed by atoms with Crippen molar-refractivity contribution in [3.63, 3.8) is 0 Å². The number of anilines is 1. The van der Waals surface area contributed by atoms with E-state index in [1.807, 2.05) is 12.1 Å². The number of rotatable bonds is 1. The Labute approximate surface area is 97.1 Å². The van der Waals surface area contributed by atoms with Gasteiger partial charge in [0.2, 0.25) is 0 Å². The summed E-state index contributed by atoms with van der Waals surface area (Å²) >= 11 is 0. The molecular weight excluding hydrogens is 216 g/mol. The standard InChI is InChI=1S/C11H10N6/c1-7-15-10(12)9-6-14-17(11(9)16-7)8-3-2-4-13-5-8/h2-6H,1H3,(H2,12,15,16). The van der Waals surface area contributed by atoms with Gasteiger partial charge in [-0.05, 0) is 19.1 Å². The third-order valence-electron chi connectivity index (χ3n) is 2.46. The summed E-state index contributed by atoms with van der Waals surface area (Å²) in [5, 5.41) is 5.01. The van der Waals surface area contributed by atoms with E-state index in [0.29, 0.717) is 17.3 Å². The predicted octanol–water partition coefficient (Wildman–Crippen LogP) is 1.10. The van der Waals surface area contributed by atoms with Gasteiger partial charge in [0.15, 0.2) is 5.65 Å². The lowest BCUT2D eigenvalue weighted by Gasteiger charge is -2.02. The normalized spacial score (nSPS) is 10.9. The highest BCUT2D eigenvalue weighted by Gasteiger charge is 2.10. The topological polar surface area (TPSA) is 82.5 Å². The number of nitrogens with zero attached hydrogens (tertiary/aromatic N) is 5. The van der Waals surface area contributed by atoms with Gasteiger partial charge in [-0.3, -0.25) is 4.98 Å². The molecule has 2 N–H and O–H groups in total. The number of nitrogens with two attached hydrogens (primary N) is 1. The average molecular weight is 226 g/mol. The molecule has 0 unspecified atom stereocenters. The van der Waals surface area contributed by atoms with Crippen LogP contribution in [0.1, 0.15) is 5.82 Å². The van der Waals surface area contributed by atoms with E-state index < -0.39 is 0 Å². The molecule has 0 saturated heterocycles. The number of nitrogen functional groups attached to an aromatic ring is 1. The van der Waals surface area contributed by atoms with Gasteiger partial charge in [0.25, 0.3) is 0 Å². The molecular formula is C11H10N6. The van der Waals surface area contributed by atoms with E-state index in [4.69, 9.17) is 5.73 Å². The molecule has 0 aromatic carbocycles. The molecule has 0 amide bonds. The summed E-state index contributed by atoms with van der Waals surface area (Å²) in [7, 11) is 0. The molecule has 3 aromatic heterocycles. The number of aromatic nitrogens is 5. The summed E-state index contributed by atoms with van der Waals surface area (Å²) in [4.78, 5) is 12.5. The quantitative estimate of drug-likeness (QED) is 0.671. The Balaban J connectivity index is 2.32. The molecule has 0 aliphatic heterocycles. The first kappa shape index (κ1) is 9.71. The predicted molar refractivity (Wildman–Crippen MR) is 63.6 cm³/mol. The van der Waals surface area contributed by atoms with Gasteiger partial charge in [-0.25, -0.2) is 14.6 Å². The van der Waals surface area contributed by atoms with Gasteiger partial charge >= 0.3 is 0 Å². The van der Waals surface area contributed by atoms with Gasteiger partial charge in [0, 0.05) is 6.20 Å². The van der Waals surface area contributed by atoms with Crippen molar-refractivity contribution in [3.05, 3.63) is 36.5 Å². The van der Waals surface area contributed by atoms with Crippen molar-refractivity contribution in [2.24, 2.45) is 0 Å². The lowest BCUT2D eigenvalue weighted by molar-refractivity contribution is 0.883. The van der Waals surface area contributed by atoms with Crippen LogP contribution in [-0.4, -0.2) is 24.7 Å². The van der Waals surface area contributed by atoms with Crippen molar-refractivity contribution in [2.75, 3.05) is 5.73 Å². The molecule has 0 spiro atoms. The Morgan fingerprint density at radius 1 is 1.24 bits per heavy atom. The zero-order valence-corrected chi connectivity index (χ0v) is 9.20. The van der Waals surface area contributed by atoms with Crippen molar-refractivity contribution >= 4 is 16.9 Å². The highest BCUT2D eigenvalue weighted by Crippen LogP contribution is 2.19. The fourth-order valence-electron chi connectivity index (χ4n) is 1.71. The maximum atomic E-state index is 5.83. The number of fused-ring (bicyclic) bond motifs is 1. The Morgan fingerprint density at radius 2 is 2.12 bits per heavy atom. The first-order chi connectivity index (χ1) is 8.25. The van der Waals surface area contributed by atoms with Crippen molar-refractivity contribution in [1.29, 1.82) is 0 Å². The van der Waals surface area contributed by atoms with Crippen LogP contribution >= 0.6 is 0 Å². The van der Waals surface area contributed by atoms with Gasteiger partial charge < -0.3 is 5.73 Å². The lowest BCUT2D eigenvalue weighted by Crippen LogP contribution is -2.01. The zero-order chi connectivity index (χ0) is 11.8.